The van der Waals surface area contributed by atoms with Crippen LogP contribution >= 0.6 is 0 Å². The lowest BCUT2D eigenvalue weighted by atomic mass is 10.1. The molecule has 1 aromatic rings. The van der Waals surface area contributed by atoms with E-state index in [1.54, 1.807) is 0 Å². The Balaban J connectivity index is 2.00. The zero-order valence-corrected chi connectivity index (χ0v) is 13.5. The van der Waals surface area contributed by atoms with Gasteiger partial charge in [-0.15, -0.1) is 6.42 Å². The molecule has 0 bridgehead atoms. The van der Waals surface area contributed by atoms with E-state index in [-0.39, 0.29) is 0 Å². The fourth-order valence-electron chi connectivity index (χ4n) is 2.76. The van der Waals surface area contributed by atoms with Crippen molar-refractivity contribution in [3.8, 4) is 12.3 Å². The Labute approximate surface area is 133 Å². The molecule has 0 amide bonds. The van der Waals surface area contributed by atoms with Gasteiger partial charge in [0.2, 0.25) is 0 Å². The highest BCUT2D eigenvalue weighted by Gasteiger charge is 2.19. The van der Waals surface area contributed by atoms with Gasteiger partial charge in [0.15, 0.2) is 0 Å². The first-order valence-corrected chi connectivity index (χ1v) is 7.91. The third-order valence-electron chi connectivity index (χ3n) is 3.95. The number of anilines is 1. The van der Waals surface area contributed by atoms with Crippen LogP contribution < -0.4 is 4.90 Å². The summed E-state index contributed by atoms with van der Waals surface area (Å²) < 4.78 is 5.34. The maximum atomic E-state index is 10.4. The van der Waals surface area contributed by atoms with Crippen LogP contribution in [0.3, 0.4) is 0 Å². The lowest BCUT2D eigenvalue weighted by molar-refractivity contribution is 0.0159. The second-order valence-corrected chi connectivity index (χ2v) is 6.01. The molecule has 1 unspecified atom stereocenters. The highest BCUT2D eigenvalue weighted by Crippen LogP contribution is 2.19. The minimum atomic E-state index is -0.394. The first-order valence-electron chi connectivity index (χ1n) is 7.91. The summed E-state index contributed by atoms with van der Waals surface area (Å²) in [7, 11) is 0. The topological polar surface area (TPSA) is 35.9 Å². The van der Waals surface area contributed by atoms with E-state index < -0.39 is 6.10 Å². The number of terminal acetylenes is 1. The summed E-state index contributed by atoms with van der Waals surface area (Å²) in [5.41, 5.74) is 1.93. The maximum Gasteiger partial charge on any atom is 0.0841 e. The van der Waals surface area contributed by atoms with Gasteiger partial charge in [-0.2, -0.15) is 0 Å². The fraction of sp³-hybridized carbons (Fsp3) is 0.556. The number of rotatable bonds is 6. The molecule has 22 heavy (non-hydrogen) atoms. The summed E-state index contributed by atoms with van der Waals surface area (Å²) in [6.45, 7) is 8.84. The highest BCUT2D eigenvalue weighted by atomic mass is 16.5. The normalized spacial score (nSPS) is 17.2. The Bertz CT molecular complexity index is 504. The number of β-amino-alcohol motifs (C(OH)–C–C–N with tert-alkyl or cyclic N) is 1. The SMILES string of the molecule is C#Cc1cccc(N(CC(O)CN2CCOCC2)C(C)C)c1. The molecule has 1 N–H and O–H groups in total. The molecule has 0 radical (unpaired) electrons. The van der Waals surface area contributed by atoms with Crippen LogP contribution in [0.25, 0.3) is 0 Å². The first kappa shape index (κ1) is 16.8. The van der Waals surface area contributed by atoms with Crippen molar-refractivity contribution in [2.75, 3.05) is 44.3 Å². The number of aliphatic hydroxyl groups is 1. The summed E-state index contributed by atoms with van der Waals surface area (Å²) in [4.78, 5) is 4.45. The van der Waals surface area contributed by atoms with E-state index in [2.05, 4.69) is 29.6 Å². The summed E-state index contributed by atoms with van der Waals surface area (Å²) >= 11 is 0. The van der Waals surface area contributed by atoms with Crippen LogP contribution in [0.5, 0.6) is 0 Å². The van der Waals surface area contributed by atoms with Gasteiger partial charge in [0.05, 0.1) is 19.3 Å². The Kier molecular flexibility index (Phi) is 6.26. The Morgan fingerprint density at radius 1 is 1.36 bits per heavy atom. The van der Waals surface area contributed by atoms with Gasteiger partial charge in [0.1, 0.15) is 0 Å². The molecule has 1 heterocycles. The second-order valence-electron chi connectivity index (χ2n) is 6.01. The number of aliphatic hydroxyl groups excluding tert-OH is 1. The zero-order chi connectivity index (χ0) is 15.9. The molecule has 0 aliphatic carbocycles. The van der Waals surface area contributed by atoms with E-state index >= 15 is 0 Å². The lowest BCUT2D eigenvalue weighted by Crippen LogP contribution is -2.46. The van der Waals surface area contributed by atoms with Gasteiger partial charge in [0, 0.05) is 43.5 Å². The van der Waals surface area contributed by atoms with E-state index in [9.17, 15) is 5.11 Å². The quantitative estimate of drug-likeness (QED) is 0.809. The van der Waals surface area contributed by atoms with Crippen molar-refractivity contribution < 1.29 is 9.84 Å². The molecule has 4 heteroatoms. The third-order valence-corrected chi connectivity index (χ3v) is 3.95. The van der Waals surface area contributed by atoms with Crippen LogP contribution in [-0.2, 0) is 4.74 Å². The summed E-state index contributed by atoms with van der Waals surface area (Å²) in [6.07, 6.45) is 5.09. The molecule has 2 rings (SSSR count). The molecular weight excluding hydrogens is 276 g/mol. The van der Waals surface area contributed by atoms with Gasteiger partial charge in [0.25, 0.3) is 0 Å². The average Bonchev–Trinajstić information content (AvgIpc) is 2.53. The van der Waals surface area contributed by atoms with Gasteiger partial charge >= 0.3 is 0 Å². The Morgan fingerprint density at radius 2 is 2.09 bits per heavy atom. The molecule has 0 saturated carbocycles. The van der Waals surface area contributed by atoms with Crippen molar-refractivity contribution in [3.63, 3.8) is 0 Å². The molecule has 4 nitrogen and oxygen atoms in total. The van der Waals surface area contributed by atoms with Crippen LogP contribution in [0.2, 0.25) is 0 Å². The van der Waals surface area contributed by atoms with Crippen molar-refractivity contribution in [3.05, 3.63) is 29.8 Å². The molecule has 1 aliphatic rings. The summed E-state index contributed by atoms with van der Waals surface area (Å²) in [5, 5.41) is 10.4. The smallest absolute Gasteiger partial charge is 0.0841 e. The second kappa shape index (κ2) is 8.19. The van der Waals surface area contributed by atoms with Gasteiger partial charge in [-0.25, -0.2) is 0 Å². The Hall–Kier alpha value is -1.54. The van der Waals surface area contributed by atoms with Gasteiger partial charge in [-0.1, -0.05) is 12.0 Å². The minimum absolute atomic E-state index is 0.298. The molecule has 1 fully saturated rings. The number of hydrogen-bond acceptors (Lipinski definition) is 4. The van der Waals surface area contributed by atoms with E-state index in [1.165, 1.54) is 0 Å². The molecule has 1 aromatic carbocycles. The number of morpholine rings is 1. The first-order chi connectivity index (χ1) is 10.6. The predicted octanol–water partition coefficient (Wildman–Crippen LogP) is 1.58. The fourth-order valence-corrected chi connectivity index (χ4v) is 2.76. The minimum Gasteiger partial charge on any atom is -0.390 e. The van der Waals surface area contributed by atoms with Crippen molar-refractivity contribution >= 4 is 5.69 Å². The summed E-state index contributed by atoms with van der Waals surface area (Å²) in [6, 6.07) is 8.23. The molecule has 120 valence electrons. The molecule has 0 spiro atoms. The third kappa shape index (κ3) is 4.74. The molecule has 1 saturated heterocycles. The Morgan fingerprint density at radius 3 is 2.73 bits per heavy atom. The molecular formula is C18H26N2O2. The van der Waals surface area contributed by atoms with Crippen LogP contribution in [0.1, 0.15) is 19.4 Å². The van der Waals surface area contributed by atoms with Gasteiger partial charge < -0.3 is 14.7 Å². The number of benzene rings is 1. The van der Waals surface area contributed by atoms with E-state index in [0.29, 0.717) is 19.1 Å². The highest BCUT2D eigenvalue weighted by molar-refractivity contribution is 5.52. The zero-order valence-electron chi connectivity index (χ0n) is 13.5. The average molecular weight is 302 g/mol. The van der Waals surface area contributed by atoms with Crippen LogP contribution in [0.15, 0.2) is 24.3 Å². The van der Waals surface area contributed by atoms with Crippen molar-refractivity contribution in [1.29, 1.82) is 0 Å². The molecule has 1 atom stereocenters. The van der Waals surface area contributed by atoms with E-state index in [1.807, 2.05) is 24.3 Å². The lowest BCUT2D eigenvalue weighted by Gasteiger charge is -2.34. The van der Waals surface area contributed by atoms with Gasteiger partial charge in [-0.3, -0.25) is 4.90 Å². The van der Waals surface area contributed by atoms with Crippen LogP contribution in [-0.4, -0.2) is 61.5 Å². The van der Waals surface area contributed by atoms with Crippen molar-refractivity contribution in [2.45, 2.75) is 26.0 Å². The van der Waals surface area contributed by atoms with Crippen LogP contribution in [0, 0.1) is 12.3 Å². The predicted molar refractivity (Wildman–Crippen MR) is 90.1 cm³/mol. The standard InChI is InChI=1S/C18H26N2O2/c1-4-16-6-5-7-17(12-16)20(15(2)3)14-18(21)13-19-8-10-22-11-9-19/h1,5-7,12,15,18,21H,8-11,13-14H2,2-3H3. The largest absolute Gasteiger partial charge is 0.390 e. The van der Waals surface area contributed by atoms with E-state index in [4.69, 9.17) is 11.2 Å². The van der Waals surface area contributed by atoms with Gasteiger partial charge in [-0.05, 0) is 32.0 Å². The van der Waals surface area contributed by atoms with Crippen molar-refractivity contribution in [2.24, 2.45) is 0 Å². The number of ether oxygens (including phenoxy) is 1. The van der Waals surface area contributed by atoms with Crippen molar-refractivity contribution in [1.82, 2.24) is 4.90 Å². The maximum absolute atomic E-state index is 10.4. The number of nitrogens with zero attached hydrogens (tertiary/aromatic N) is 2. The molecule has 1 aliphatic heterocycles. The monoisotopic (exact) mass is 302 g/mol. The van der Waals surface area contributed by atoms with Crippen LogP contribution in [0.4, 0.5) is 5.69 Å². The number of hydrogen-bond donors (Lipinski definition) is 1. The summed E-state index contributed by atoms with van der Waals surface area (Å²) in [5.74, 6) is 2.67. The van der Waals surface area contributed by atoms with E-state index in [0.717, 1.165) is 37.6 Å². The molecule has 0 aromatic heterocycles.